The van der Waals surface area contributed by atoms with Crippen molar-refractivity contribution in [2.24, 2.45) is 5.41 Å². The van der Waals surface area contributed by atoms with Crippen molar-refractivity contribution in [2.75, 3.05) is 38.9 Å². The van der Waals surface area contributed by atoms with Gasteiger partial charge >= 0.3 is 0 Å². The summed E-state index contributed by atoms with van der Waals surface area (Å²) < 4.78 is 27.5. The molecule has 0 amide bonds. The summed E-state index contributed by atoms with van der Waals surface area (Å²) >= 11 is 0. The first kappa shape index (κ1) is 34.9. The van der Waals surface area contributed by atoms with Crippen LogP contribution in [0.5, 0.6) is 11.6 Å². The van der Waals surface area contributed by atoms with Gasteiger partial charge < -0.3 is 24.3 Å². The number of anilines is 2. The third-order valence-corrected chi connectivity index (χ3v) is 10.2. The van der Waals surface area contributed by atoms with Crippen molar-refractivity contribution in [3.8, 4) is 28.8 Å². The van der Waals surface area contributed by atoms with Crippen molar-refractivity contribution >= 4 is 11.6 Å². The van der Waals surface area contributed by atoms with Gasteiger partial charge in [0.2, 0.25) is 5.95 Å². The Hall–Kier alpha value is -4.58. The molecule has 14 nitrogen and oxygen atoms in total. The van der Waals surface area contributed by atoms with E-state index in [0.29, 0.717) is 67.1 Å². The van der Waals surface area contributed by atoms with Crippen molar-refractivity contribution in [1.29, 1.82) is 5.26 Å². The number of hydrogen-bond acceptors (Lipinski definition) is 12. The molecule has 3 aromatic heterocycles. The lowest BCUT2D eigenvalue weighted by atomic mass is 9.89. The molecule has 4 aromatic rings. The second-order valence-electron chi connectivity index (χ2n) is 14.8. The minimum Gasteiger partial charge on any atom is -0.487 e. The van der Waals surface area contributed by atoms with E-state index in [4.69, 9.17) is 24.0 Å². The molecule has 1 aliphatic carbocycles. The lowest BCUT2D eigenvalue weighted by Crippen LogP contribution is -2.52. The van der Waals surface area contributed by atoms with Gasteiger partial charge in [0.15, 0.2) is 0 Å². The molecule has 3 atom stereocenters. The van der Waals surface area contributed by atoms with E-state index in [2.05, 4.69) is 54.9 Å². The van der Waals surface area contributed by atoms with E-state index < -0.39 is 0 Å². The molecule has 2 saturated heterocycles. The minimum absolute atomic E-state index is 0.193. The lowest BCUT2D eigenvalue weighted by molar-refractivity contribution is -0.0458. The van der Waals surface area contributed by atoms with Gasteiger partial charge in [0.1, 0.15) is 36.3 Å². The average Bonchev–Trinajstić information content (AvgIpc) is 3.85. The smallest absolute Gasteiger partial charge is 0.256 e. The maximum atomic E-state index is 9.71. The highest BCUT2D eigenvalue weighted by Crippen LogP contribution is 2.40. The molecule has 1 N–H and O–H groups in total. The summed E-state index contributed by atoms with van der Waals surface area (Å²) in [6, 6.07) is 9.77. The quantitative estimate of drug-likeness (QED) is 0.180. The topological polar surface area (TPSA) is 150 Å². The largest absolute Gasteiger partial charge is 0.487 e. The molecule has 2 aliphatic heterocycles. The molecule has 2 bridgehead atoms. The van der Waals surface area contributed by atoms with Crippen LogP contribution in [-0.2, 0) is 16.0 Å². The number of morpholine rings is 1. The predicted molar refractivity (Wildman–Crippen MR) is 190 cm³/mol. The first-order valence-electron chi connectivity index (χ1n) is 18.0. The van der Waals surface area contributed by atoms with E-state index in [0.717, 1.165) is 55.7 Å². The molecular formula is C37H48N10O4. The standard InChI is InChI=1S/C37H48N10O4/c1-25(17-45-24-39-23-42-45)51-34-13-26(5-6-27(34)14-38)28-15-40-36(41-16-28)43-33-18-46(44-35(33)50-22-37(2,3)21-48-4)29-7-9-30(10-8-29)47-31-11-12-32(47)20-49-19-31/h5-6,13,15-16,18,23-25,29-32H,7-12,17,19-22H2,1-4H3,(H,40,41,43)/t25-,29-,30-,31-,32+/m0/s1. The Labute approximate surface area is 299 Å². The van der Waals surface area contributed by atoms with E-state index in [-0.39, 0.29) is 11.5 Å². The van der Waals surface area contributed by atoms with Crippen LogP contribution in [0.2, 0.25) is 0 Å². The molecule has 3 fully saturated rings. The number of rotatable bonds is 14. The number of fused-ring (bicyclic) bond motifs is 2. The fourth-order valence-corrected chi connectivity index (χ4v) is 7.73. The normalized spacial score (nSPS) is 22.7. The van der Waals surface area contributed by atoms with Crippen molar-refractivity contribution < 1.29 is 18.9 Å². The summed E-state index contributed by atoms with van der Waals surface area (Å²) in [5, 5.41) is 22.2. The molecule has 0 spiro atoms. The second-order valence-corrected chi connectivity index (χ2v) is 14.8. The molecular weight excluding hydrogens is 648 g/mol. The molecule has 14 heteroatoms. The highest BCUT2D eigenvalue weighted by atomic mass is 16.5. The Kier molecular flexibility index (Phi) is 10.5. The van der Waals surface area contributed by atoms with Crippen LogP contribution >= 0.6 is 0 Å². The van der Waals surface area contributed by atoms with E-state index >= 15 is 0 Å². The van der Waals surface area contributed by atoms with Gasteiger partial charge in [-0.05, 0) is 63.1 Å². The van der Waals surface area contributed by atoms with Crippen LogP contribution in [0.15, 0.2) is 49.4 Å². The zero-order valence-electron chi connectivity index (χ0n) is 29.9. The zero-order valence-corrected chi connectivity index (χ0v) is 29.9. The minimum atomic E-state index is -0.232. The van der Waals surface area contributed by atoms with Gasteiger partial charge in [-0.2, -0.15) is 10.4 Å². The van der Waals surface area contributed by atoms with Gasteiger partial charge in [0.05, 0.1) is 50.8 Å². The van der Waals surface area contributed by atoms with Crippen LogP contribution in [0.1, 0.15) is 70.9 Å². The average molecular weight is 697 g/mol. The van der Waals surface area contributed by atoms with E-state index in [1.165, 1.54) is 19.2 Å². The maximum Gasteiger partial charge on any atom is 0.256 e. The number of nitrogens with zero attached hydrogens (tertiary/aromatic N) is 9. The first-order chi connectivity index (χ1) is 24.8. The summed E-state index contributed by atoms with van der Waals surface area (Å²) in [5.74, 6) is 1.44. The SMILES string of the molecule is COCC(C)(C)COc1nn([C@H]2CC[C@H](N3[C@@H]4CC[C@H]3COC4)CC2)cc1Nc1ncc(-c2ccc(C#N)c(O[C@@H](C)Cn3cncn3)c2)cn1. The number of methoxy groups -OCH3 is 1. The summed E-state index contributed by atoms with van der Waals surface area (Å²) in [7, 11) is 1.70. The van der Waals surface area contributed by atoms with Gasteiger partial charge in [-0.25, -0.2) is 19.6 Å². The molecule has 0 radical (unpaired) electrons. The van der Waals surface area contributed by atoms with Gasteiger partial charge in [-0.3, -0.25) is 9.58 Å². The molecule has 1 saturated carbocycles. The van der Waals surface area contributed by atoms with Crippen molar-refractivity contribution in [2.45, 2.75) is 96.1 Å². The van der Waals surface area contributed by atoms with Gasteiger partial charge in [0.25, 0.3) is 5.88 Å². The number of hydrogen-bond donors (Lipinski definition) is 1. The predicted octanol–water partition coefficient (Wildman–Crippen LogP) is 5.41. The van der Waals surface area contributed by atoms with Gasteiger partial charge in [0, 0.05) is 48.6 Å². The first-order valence-corrected chi connectivity index (χ1v) is 18.0. The van der Waals surface area contributed by atoms with Gasteiger partial charge in [-0.1, -0.05) is 19.9 Å². The number of ether oxygens (including phenoxy) is 4. The van der Waals surface area contributed by atoms with Crippen LogP contribution in [0.3, 0.4) is 0 Å². The fraction of sp³-hybridized carbons (Fsp3) is 0.568. The van der Waals surface area contributed by atoms with Gasteiger partial charge in [-0.15, -0.1) is 5.10 Å². The molecule has 51 heavy (non-hydrogen) atoms. The summed E-state index contributed by atoms with van der Waals surface area (Å²) in [6.45, 7) is 9.41. The number of nitrogens with one attached hydrogen (secondary N) is 1. The van der Waals surface area contributed by atoms with E-state index in [9.17, 15) is 5.26 Å². The van der Waals surface area contributed by atoms with E-state index in [1.807, 2.05) is 25.3 Å². The summed E-state index contributed by atoms with van der Waals surface area (Å²) in [5.41, 5.74) is 2.60. The second kappa shape index (κ2) is 15.3. The number of aromatic nitrogens is 7. The molecule has 7 rings (SSSR count). The van der Waals surface area contributed by atoms with Crippen LogP contribution in [0.4, 0.5) is 11.6 Å². The monoisotopic (exact) mass is 696 g/mol. The summed E-state index contributed by atoms with van der Waals surface area (Å²) in [6.07, 6.45) is 15.4. The van der Waals surface area contributed by atoms with Crippen molar-refractivity contribution in [3.05, 3.63) is 55.0 Å². The molecule has 270 valence electrons. The van der Waals surface area contributed by atoms with Crippen LogP contribution in [0, 0.1) is 16.7 Å². The van der Waals surface area contributed by atoms with Crippen LogP contribution in [0.25, 0.3) is 11.1 Å². The Balaban J connectivity index is 1.05. The Morgan fingerprint density at radius 1 is 1.00 bits per heavy atom. The third-order valence-electron chi connectivity index (χ3n) is 10.2. The van der Waals surface area contributed by atoms with Crippen molar-refractivity contribution in [1.82, 2.24) is 39.4 Å². The highest BCUT2D eigenvalue weighted by Gasteiger charge is 2.42. The number of nitriles is 1. The Morgan fingerprint density at radius 3 is 2.41 bits per heavy atom. The summed E-state index contributed by atoms with van der Waals surface area (Å²) in [4.78, 5) is 16.0. The zero-order chi connectivity index (χ0) is 35.4. The highest BCUT2D eigenvalue weighted by molar-refractivity contribution is 5.67. The molecule has 0 unspecified atom stereocenters. The van der Waals surface area contributed by atoms with Crippen LogP contribution in [-0.4, -0.2) is 97.2 Å². The van der Waals surface area contributed by atoms with E-state index in [1.54, 1.807) is 36.6 Å². The molecule has 1 aromatic carbocycles. The number of benzene rings is 1. The third kappa shape index (κ3) is 8.16. The molecule has 5 heterocycles. The fourth-order valence-electron chi connectivity index (χ4n) is 7.73. The lowest BCUT2D eigenvalue weighted by Gasteiger charge is -2.43. The Morgan fingerprint density at radius 2 is 1.73 bits per heavy atom. The van der Waals surface area contributed by atoms with Crippen molar-refractivity contribution in [3.63, 3.8) is 0 Å². The molecule has 3 aliphatic rings. The maximum absolute atomic E-state index is 9.71. The Bertz CT molecular complexity index is 1760. The van der Waals surface area contributed by atoms with Crippen LogP contribution < -0.4 is 14.8 Å².